The summed E-state index contributed by atoms with van der Waals surface area (Å²) in [6.07, 6.45) is -9.36. The lowest BCUT2D eigenvalue weighted by atomic mass is 9.94. The average Bonchev–Trinajstić information content (AvgIpc) is 3.27. The third-order valence-corrected chi connectivity index (χ3v) is 7.07. The number of urea groups is 1. The predicted octanol–water partition coefficient (Wildman–Crippen LogP) is 5.87. The first-order valence-electron chi connectivity index (χ1n) is 12.1. The van der Waals surface area contributed by atoms with Crippen LogP contribution in [0.5, 0.6) is 0 Å². The maximum Gasteiger partial charge on any atom is 0.416 e. The number of hydrogen-bond donors (Lipinski definition) is 0. The Bertz CT molecular complexity index is 1130. The minimum absolute atomic E-state index is 0.0616. The highest BCUT2D eigenvalue weighted by molar-refractivity contribution is 5.75. The van der Waals surface area contributed by atoms with Gasteiger partial charge in [0, 0.05) is 39.3 Å². The molecule has 2 atom stereocenters. The molecule has 5 nitrogen and oxygen atoms in total. The van der Waals surface area contributed by atoms with Crippen LogP contribution in [0.4, 0.5) is 35.5 Å². The molecule has 0 aliphatic carbocycles. The van der Waals surface area contributed by atoms with Crippen LogP contribution in [-0.4, -0.2) is 66.7 Å². The molecule has 2 fully saturated rings. The fourth-order valence-electron chi connectivity index (χ4n) is 5.30. The number of amides is 2. The van der Waals surface area contributed by atoms with E-state index in [1.807, 2.05) is 0 Å². The number of benzene rings is 2. The predicted molar refractivity (Wildman–Crippen MR) is 125 cm³/mol. The van der Waals surface area contributed by atoms with Crippen LogP contribution < -0.4 is 0 Å². The molecular weight excluding hydrogens is 519 g/mol. The fourth-order valence-corrected chi connectivity index (χ4v) is 5.30. The second-order valence-electron chi connectivity index (χ2n) is 9.70. The average molecular weight is 548 g/mol. The molecule has 2 amide bonds. The molecule has 0 saturated carbocycles. The molecule has 2 saturated heterocycles. The zero-order chi connectivity index (χ0) is 27.8. The van der Waals surface area contributed by atoms with Crippen LogP contribution in [0.1, 0.15) is 40.3 Å². The molecule has 0 bridgehead atoms. The highest BCUT2D eigenvalue weighted by atomic mass is 19.4. The second-order valence-corrected chi connectivity index (χ2v) is 9.70. The van der Waals surface area contributed by atoms with Crippen LogP contribution in [-0.2, 0) is 23.6 Å². The molecule has 38 heavy (non-hydrogen) atoms. The normalized spacial score (nSPS) is 21.1. The third-order valence-electron chi connectivity index (χ3n) is 7.07. The summed E-state index contributed by atoms with van der Waals surface area (Å²) in [6, 6.07) is 4.50. The number of hydrogen-bond acceptors (Lipinski definition) is 3. The Labute approximate surface area is 215 Å². The minimum Gasteiger partial charge on any atom is -0.379 e. The Hall–Kier alpha value is -2.86. The summed E-state index contributed by atoms with van der Waals surface area (Å²) >= 11 is 0. The molecule has 0 aromatic heterocycles. The zero-order valence-corrected chi connectivity index (χ0v) is 20.9. The van der Waals surface area contributed by atoms with E-state index in [2.05, 4.69) is 4.90 Å². The van der Waals surface area contributed by atoms with Gasteiger partial charge < -0.3 is 14.5 Å². The van der Waals surface area contributed by atoms with Crippen molar-refractivity contribution in [3.8, 4) is 0 Å². The Balaban J connectivity index is 1.63. The molecule has 4 rings (SSSR count). The molecule has 208 valence electrons. The van der Waals surface area contributed by atoms with Gasteiger partial charge in [-0.25, -0.2) is 9.18 Å². The number of carbonyl (C=O) groups is 1. The number of likely N-dealkylation sites (tertiary alicyclic amines) is 1. The van der Waals surface area contributed by atoms with Gasteiger partial charge in [-0.15, -0.1) is 0 Å². The van der Waals surface area contributed by atoms with Crippen LogP contribution in [0.25, 0.3) is 0 Å². The maximum absolute atomic E-state index is 13.9. The summed E-state index contributed by atoms with van der Waals surface area (Å²) in [5, 5.41) is 0. The largest absolute Gasteiger partial charge is 0.416 e. The van der Waals surface area contributed by atoms with Gasteiger partial charge in [0.25, 0.3) is 0 Å². The Kier molecular flexibility index (Phi) is 7.94. The maximum atomic E-state index is 13.9. The molecular formula is C26H28F7N3O2. The summed E-state index contributed by atoms with van der Waals surface area (Å²) in [5.74, 6) is -0.424. The van der Waals surface area contributed by atoms with Crippen molar-refractivity contribution in [2.75, 3.05) is 39.9 Å². The van der Waals surface area contributed by atoms with Crippen molar-refractivity contribution in [1.82, 2.24) is 14.7 Å². The van der Waals surface area contributed by atoms with Crippen molar-refractivity contribution < 1.29 is 40.3 Å². The third kappa shape index (κ3) is 6.06. The first-order chi connectivity index (χ1) is 17.8. The van der Waals surface area contributed by atoms with Crippen LogP contribution in [0, 0.1) is 12.7 Å². The number of carbonyl (C=O) groups excluding carboxylic acids is 1. The lowest BCUT2D eigenvalue weighted by molar-refractivity contribution is -0.143. The van der Waals surface area contributed by atoms with E-state index in [-0.39, 0.29) is 17.7 Å². The molecule has 2 aromatic rings. The van der Waals surface area contributed by atoms with Gasteiger partial charge in [0.05, 0.1) is 30.4 Å². The lowest BCUT2D eigenvalue weighted by Gasteiger charge is -2.39. The summed E-state index contributed by atoms with van der Waals surface area (Å²) < 4.78 is 99.2. The summed E-state index contributed by atoms with van der Waals surface area (Å²) in [5.41, 5.74) is -1.78. The van der Waals surface area contributed by atoms with Crippen LogP contribution in [0.15, 0.2) is 36.4 Å². The molecule has 2 aromatic carbocycles. The summed E-state index contributed by atoms with van der Waals surface area (Å²) in [7, 11) is 1.34. The van der Waals surface area contributed by atoms with E-state index in [1.165, 1.54) is 19.2 Å². The van der Waals surface area contributed by atoms with Crippen molar-refractivity contribution in [2.45, 2.75) is 44.3 Å². The highest BCUT2D eigenvalue weighted by Crippen LogP contribution is 2.39. The van der Waals surface area contributed by atoms with Gasteiger partial charge in [-0.05, 0) is 60.4 Å². The van der Waals surface area contributed by atoms with Gasteiger partial charge in [-0.2, -0.15) is 26.3 Å². The van der Waals surface area contributed by atoms with Gasteiger partial charge in [-0.1, -0.05) is 6.07 Å². The van der Waals surface area contributed by atoms with Crippen molar-refractivity contribution in [3.05, 3.63) is 70.0 Å². The summed E-state index contributed by atoms with van der Waals surface area (Å²) in [4.78, 5) is 18.5. The highest BCUT2D eigenvalue weighted by Gasteiger charge is 2.43. The van der Waals surface area contributed by atoms with Crippen molar-refractivity contribution in [3.63, 3.8) is 0 Å². The smallest absolute Gasteiger partial charge is 0.379 e. The quantitative estimate of drug-likeness (QED) is 0.450. The molecule has 0 N–H and O–H groups in total. The molecule has 12 heteroatoms. The Morgan fingerprint density at radius 3 is 2.13 bits per heavy atom. The molecule has 0 spiro atoms. The van der Waals surface area contributed by atoms with Crippen LogP contribution in [0.3, 0.4) is 0 Å². The number of halogens is 7. The molecule has 2 heterocycles. The SMILES string of the molecule is Cc1cc(F)ccc1C1C(N2CCOCC2)CCN1C(=O)N(C)Cc1cc(C(F)(F)F)cc(C(F)(F)F)c1. The van der Waals surface area contributed by atoms with Crippen LogP contribution >= 0.6 is 0 Å². The van der Waals surface area contributed by atoms with E-state index in [4.69, 9.17) is 4.74 Å². The van der Waals surface area contributed by atoms with Crippen molar-refractivity contribution in [2.24, 2.45) is 0 Å². The topological polar surface area (TPSA) is 36.0 Å². The van der Waals surface area contributed by atoms with E-state index in [9.17, 15) is 35.5 Å². The van der Waals surface area contributed by atoms with Gasteiger partial charge in [0.1, 0.15) is 5.82 Å². The molecule has 2 unspecified atom stereocenters. The number of nitrogens with zero attached hydrogens (tertiary/aromatic N) is 3. The Morgan fingerprint density at radius 2 is 1.58 bits per heavy atom. The monoisotopic (exact) mass is 547 g/mol. The fraction of sp³-hybridized carbons (Fsp3) is 0.500. The second kappa shape index (κ2) is 10.7. The number of alkyl halides is 6. The molecule has 2 aliphatic heterocycles. The van der Waals surface area contributed by atoms with Gasteiger partial charge in [0.2, 0.25) is 0 Å². The molecule has 2 aliphatic rings. The number of aryl methyl sites for hydroxylation is 1. The van der Waals surface area contributed by atoms with Gasteiger partial charge in [0.15, 0.2) is 0 Å². The van der Waals surface area contributed by atoms with Crippen molar-refractivity contribution in [1.29, 1.82) is 0 Å². The first kappa shape index (κ1) is 28.2. The zero-order valence-electron chi connectivity index (χ0n) is 20.9. The van der Waals surface area contributed by atoms with Gasteiger partial charge >= 0.3 is 18.4 Å². The van der Waals surface area contributed by atoms with E-state index >= 15 is 0 Å². The number of ether oxygens (including phenoxy) is 1. The van der Waals surface area contributed by atoms with E-state index in [1.54, 1.807) is 17.9 Å². The number of rotatable bonds is 4. The van der Waals surface area contributed by atoms with Gasteiger partial charge in [-0.3, -0.25) is 4.90 Å². The first-order valence-corrected chi connectivity index (χ1v) is 12.1. The number of morpholine rings is 1. The van der Waals surface area contributed by atoms with E-state index < -0.39 is 47.9 Å². The lowest BCUT2D eigenvalue weighted by Crippen LogP contribution is -2.48. The van der Waals surface area contributed by atoms with E-state index in [0.717, 1.165) is 10.5 Å². The standard InChI is InChI=1S/C26H28F7N3O2/c1-16-11-20(27)3-4-21(16)23-22(35-7-9-38-10-8-35)5-6-36(23)24(37)34(2)15-17-12-18(25(28,29)30)14-19(13-17)26(31,32)33/h3-4,11-14,22-23H,5-10,15H2,1-2H3. The molecule has 0 radical (unpaired) electrons. The summed E-state index contributed by atoms with van der Waals surface area (Å²) in [6.45, 7) is 3.93. The van der Waals surface area contributed by atoms with Crippen LogP contribution in [0.2, 0.25) is 0 Å². The Morgan fingerprint density at radius 1 is 0.974 bits per heavy atom. The minimum atomic E-state index is -4.98. The van der Waals surface area contributed by atoms with E-state index in [0.29, 0.717) is 57.0 Å². The van der Waals surface area contributed by atoms with Crippen molar-refractivity contribution >= 4 is 6.03 Å².